The van der Waals surface area contributed by atoms with Crippen molar-refractivity contribution in [3.8, 4) is 0 Å². The van der Waals surface area contributed by atoms with Crippen LogP contribution in [0.25, 0.3) is 11.2 Å². The summed E-state index contributed by atoms with van der Waals surface area (Å²) in [4.78, 5) is 16.7. The van der Waals surface area contributed by atoms with E-state index in [1.807, 2.05) is 6.07 Å². The van der Waals surface area contributed by atoms with Gasteiger partial charge in [-0.2, -0.15) is 9.97 Å². The zero-order chi connectivity index (χ0) is 19.2. The third-order valence-electron chi connectivity index (χ3n) is 5.16. The van der Waals surface area contributed by atoms with Crippen LogP contribution < -0.4 is 21.7 Å². The van der Waals surface area contributed by atoms with Crippen LogP contribution in [0.15, 0.2) is 36.7 Å². The molecule has 6 N–H and O–H groups in total. The SMILES string of the molecule is Cl.NC1CCC(Nc2nc(NCCNCc3ccccc3)c3[nH]cnc3n2)CC1. The van der Waals surface area contributed by atoms with Gasteiger partial charge in [0.25, 0.3) is 0 Å². The van der Waals surface area contributed by atoms with Crippen molar-refractivity contribution in [3.63, 3.8) is 0 Å². The van der Waals surface area contributed by atoms with Gasteiger partial charge in [-0.1, -0.05) is 30.3 Å². The second kappa shape index (κ2) is 10.4. The molecule has 1 aliphatic rings. The number of aromatic amines is 1. The Labute approximate surface area is 176 Å². The van der Waals surface area contributed by atoms with Gasteiger partial charge in [-0.05, 0) is 31.2 Å². The normalized spacial score (nSPS) is 18.9. The van der Waals surface area contributed by atoms with Gasteiger partial charge in [-0.15, -0.1) is 12.4 Å². The van der Waals surface area contributed by atoms with Gasteiger partial charge >= 0.3 is 0 Å². The molecule has 0 radical (unpaired) electrons. The van der Waals surface area contributed by atoms with E-state index in [-0.39, 0.29) is 12.4 Å². The number of fused-ring (bicyclic) bond motifs is 1. The van der Waals surface area contributed by atoms with E-state index >= 15 is 0 Å². The molecule has 156 valence electrons. The molecule has 1 aliphatic carbocycles. The minimum atomic E-state index is 0. The van der Waals surface area contributed by atoms with Gasteiger partial charge in [0.05, 0.1) is 6.33 Å². The summed E-state index contributed by atoms with van der Waals surface area (Å²) in [5, 5.41) is 10.3. The molecule has 2 aromatic heterocycles. The number of halogens is 1. The lowest BCUT2D eigenvalue weighted by Crippen LogP contribution is -2.33. The first-order chi connectivity index (χ1) is 13.8. The molecule has 2 heterocycles. The van der Waals surface area contributed by atoms with Gasteiger partial charge in [0.2, 0.25) is 5.95 Å². The van der Waals surface area contributed by atoms with Crippen LogP contribution in [0.4, 0.5) is 11.8 Å². The Bertz CT molecular complexity index is 877. The van der Waals surface area contributed by atoms with E-state index in [0.717, 1.165) is 56.7 Å². The number of nitrogens with two attached hydrogens (primary N) is 1. The zero-order valence-electron chi connectivity index (χ0n) is 16.4. The second-order valence-electron chi connectivity index (χ2n) is 7.34. The Balaban J connectivity index is 0.00000240. The van der Waals surface area contributed by atoms with Crippen LogP contribution in [-0.4, -0.2) is 45.1 Å². The molecule has 0 amide bonds. The van der Waals surface area contributed by atoms with Crippen molar-refractivity contribution in [1.29, 1.82) is 0 Å². The van der Waals surface area contributed by atoms with Crippen molar-refractivity contribution in [3.05, 3.63) is 42.2 Å². The third-order valence-corrected chi connectivity index (χ3v) is 5.16. The summed E-state index contributed by atoms with van der Waals surface area (Å²) >= 11 is 0. The fourth-order valence-electron chi connectivity index (χ4n) is 3.57. The van der Waals surface area contributed by atoms with Gasteiger partial charge in [0.15, 0.2) is 11.5 Å². The van der Waals surface area contributed by atoms with Gasteiger partial charge in [-0.25, -0.2) is 4.98 Å². The van der Waals surface area contributed by atoms with Crippen molar-refractivity contribution in [2.45, 2.75) is 44.3 Å². The van der Waals surface area contributed by atoms with Crippen LogP contribution in [0.1, 0.15) is 31.2 Å². The van der Waals surface area contributed by atoms with E-state index < -0.39 is 0 Å². The average Bonchev–Trinajstić information content (AvgIpc) is 3.19. The Morgan fingerprint density at radius 2 is 1.83 bits per heavy atom. The Kier molecular flexibility index (Phi) is 7.62. The Morgan fingerprint density at radius 3 is 2.62 bits per heavy atom. The molecule has 1 aromatic carbocycles. The lowest BCUT2D eigenvalue weighted by Gasteiger charge is -2.26. The number of hydrogen-bond donors (Lipinski definition) is 5. The van der Waals surface area contributed by atoms with Crippen molar-refractivity contribution in [2.24, 2.45) is 5.73 Å². The number of imidazole rings is 1. The molecule has 3 aromatic rings. The highest BCUT2D eigenvalue weighted by Crippen LogP contribution is 2.23. The summed E-state index contributed by atoms with van der Waals surface area (Å²) in [6.45, 7) is 2.44. The van der Waals surface area contributed by atoms with Crippen molar-refractivity contribution < 1.29 is 0 Å². The molecule has 0 unspecified atom stereocenters. The fourth-order valence-corrected chi connectivity index (χ4v) is 3.57. The van der Waals surface area contributed by atoms with Gasteiger partial charge in [0.1, 0.15) is 5.52 Å². The third kappa shape index (κ3) is 5.79. The minimum absolute atomic E-state index is 0. The summed E-state index contributed by atoms with van der Waals surface area (Å²) < 4.78 is 0. The van der Waals surface area contributed by atoms with Crippen LogP contribution >= 0.6 is 12.4 Å². The molecule has 9 heteroatoms. The molecule has 4 rings (SSSR count). The molecule has 0 atom stereocenters. The van der Waals surface area contributed by atoms with Gasteiger partial charge in [-0.3, -0.25) is 0 Å². The number of H-pyrrole nitrogens is 1. The Hall–Kier alpha value is -2.42. The summed E-state index contributed by atoms with van der Waals surface area (Å²) in [6, 6.07) is 11.1. The number of aromatic nitrogens is 4. The number of nitrogens with zero attached hydrogens (tertiary/aromatic N) is 3. The quantitative estimate of drug-likeness (QED) is 0.358. The maximum absolute atomic E-state index is 6.00. The van der Waals surface area contributed by atoms with E-state index in [1.165, 1.54) is 5.56 Å². The number of nitrogens with one attached hydrogen (secondary N) is 4. The molecule has 1 saturated carbocycles. The Morgan fingerprint density at radius 1 is 1.03 bits per heavy atom. The average molecular weight is 417 g/mol. The van der Waals surface area contributed by atoms with Crippen LogP contribution in [-0.2, 0) is 6.54 Å². The minimum Gasteiger partial charge on any atom is -0.367 e. The highest BCUT2D eigenvalue weighted by molar-refractivity contribution is 5.85. The predicted octanol–water partition coefficient (Wildman–Crippen LogP) is 2.66. The van der Waals surface area contributed by atoms with Crippen LogP contribution in [0.2, 0.25) is 0 Å². The second-order valence-corrected chi connectivity index (χ2v) is 7.34. The molecule has 29 heavy (non-hydrogen) atoms. The first-order valence-electron chi connectivity index (χ1n) is 9.99. The summed E-state index contributed by atoms with van der Waals surface area (Å²) in [5.74, 6) is 1.40. The van der Waals surface area contributed by atoms with E-state index in [1.54, 1.807) is 6.33 Å². The van der Waals surface area contributed by atoms with Crippen LogP contribution in [0.3, 0.4) is 0 Å². The van der Waals surface area contributed by atoms with Gasteiger partial charge < -0.3 is 26.7 Å². The first kappa shape index (κ1) is 21.3. The summed E-state index contributed by atoms with van der Waals surface area (Å²) in [6.07, 6.45) is 5.84. The topological polar surface area (TPSA) is 117 Å². The van der Waals surface area contributed by atoms with E-state index in [2.05, 4.69) is 60.2 Å². The lowest BCUT2D eigenvalue weighted by molar-refractivity contribution is 0.410. The summed E-state index contributed by atoms with van der Waals surface area (Å²) in [7, 11) is 0. The van der Waals surface area contributed by atoms with E-state index in [9.17, 15) is 0 Å². The molecule has 0 saturated heterocycles. The van der Waals surface area contributed by atoms with Crippen LogP contribution in [0.5, 0.6) is 0 Å². The standard InChI is InChI=1S/C20H28N8.ClH/c21-15-6-8-16(9-7-15)26-20-27-18(17-19(28-20)25-13-24-17)23-11-10-22-12-14-4-2-1-3-5-14;/h1-5,13,15-16,22H,6-12,21H2,(H3,23,24,25,26,27,28);1H. The van der Waals surface area contributed by atoms with E-state index in [0.29, 0.717) is 23.7 Å². The molecule has 8 nitrogen and oxygen atoms in total. The molecular formula is C20H29ClN8. The molecule has 0 bridgehead atoms. The monoisotopic (exact) mass is 416 g/mol. The maximum Gasteiger partial charge on any atom is 0.227 e. The van der Waals surface area contributed by atoms with E-state index in [4.69, 9.17) is 5.73 Å². The number of benzene rings is 1. The van der Waals surface area contributed by atoms with Crippen LogP contribution in [0, 0.1) is 0 Å². The first-order valence-corrected chi connectivity index (χ1v) is 9.99. The number of hydrogen-bond acceptors (Lipinski definition) is 7. The molecular weight excluding hydrogens is 388 g/mol. The lowest BCUT2D eigenvalue weighted by atomic mass is 9.92. The van der Waals surface area contributed by atoms with Crippen molar-refractivity contribution in [1.82, 2.24) is 25.3 Å². The highest BCUT2D eigenvalue weighted by atomic mass is 35.5. The summed E-state index contributed by atoms with van der Waals surface area (Å²) in [5.41, 5.74) is 8.78. The number of anilines is 2. The zero-order valence-corrected chi connectivity index (χ0v) is 17.2. The largest absolute Gasteiger partial charge is 0.367 e. The highest BCUT2D eigenvalue weighted by Gasteiger charge is 2.20. The predicted molar refractivity (Wildman–Crippen MR) is 119 cm³/mol. The smallest absolute Gasteiger partial charge is 0.227 e. The van der Waals surface area contributed by atoms with Gasteiger partial charge in [0, 0.05) is 31.7 Å². The van der Waals surface area contributed by atoms with Crippen molar-refractivity contribution in [2.75, 3.05) is 23.7 Å². The maximum atomic E-state index is 6.00. The molecule has 0 aliphatic heterocycles. The fraction of sp³-hybridized carbons (Fsp3) is 0.450. The molecule has 1 fully saturated rings. The molecule has 0 spiro atoms. The van der Waals surface area contributed by atoms with Crippen molar-refractivity contribution >= 4 is 35.3 Å². The number of rotatable bonds is 8.